The summed E-state index contributed by atoms with van der Waals surface area (Å²) in [5, 5.41) is 14.1. The SMILES string of the molecule is Nc1ncc([N+](=O)[O-])c(NC2CCN(C3CC3)C2)n1. The van der Waals surface area contributed by atoms with Crippen molar-refractivity contribution in [3.8, 4) is 0 Å². The maximum Gasteiger partial charge on any atom is 0.329 e. The topological polar surface area (TPSA) is 110 Å². The largest absolute Gasteiger partial charge is 0.368 e. The molecule has 1 unspecified atom stereocenters. The Kier molecular flexibility index (Phi) is 2.94. The number of anilines is 2. The molecule has 1 aliphatic carbocycles. The number of nitrogens with one attached hydrogen (secondary N) is 1. The molecule has 0 spiro atoms. The second-order valence-corrected chi connectivity index (χ2v) is 5.08. The van der Waals surface area contributed by atoms with Crippen LogP contribution in [0.4, 0.5) is 17.5 Å². The Hall–Kier alpha value is -1.96. The Morgan fingerprint density at radius 2 is 2.26 bits per heavy atom. The summed E-state index contributed by atoms with van der Waals surface area (Å²) in [5.41, 5.74) is 5.37. The van der Waals surface area contributed by atoms with Gasteiger partial charge >= 0.3 is 5.69 Å². The number of nitrogen functional groups attached to an aromatic ring is 1. The second-order valence-electron chi connectivity index (χ2n) is 5.08. The molecular formula is C11H16N6O2. The molecule has 2 fully saturated rings. The first kappa shape index (κ1) is 12.1. The number of nitro groups is 1. The predicted molar refractivity (Wildman–Crippen MR) is 69.7 cm³/mol. The average molecular weight is 264 g/mol. The summed E-state index contributed by atoms with van der Waals surface area (Å²) in [6, 6.07) is 0.908. The van der Waals surface area contributed by atoms with Gasteiger partial charge in [0.25, 0.3) is 0 Å². The molecule has 3 N–H and O–H groups in total. The zero-order valence-electron chi connectivity index (χ0n) is 10.5. The Morgan fingerprint density at radius 3 is 2.95 bits per heavy atom. The minimum atomic E-state index is -0.491. The number of hydrogen-bond donors (Lipinski definition) is 2. The highest BCUT2D eigenvalue weighted by molar-refractivity contribution is 5.57. The van der Waals surface area contributed by atoms with Crippen molar-refractivity contribution in [3.63, 3.8) is 0 Å². The van der Waals surface area contributed by atoms with Gasteiger partial charge in [0.1, 0.15) is 6.20 Å². The molecule has 8 heteroatoms. The van der Waals surface area contributed by atoms with E-state index in [1.54, 1.807) is 0 Å². The van der Waals surface area contributed by atoms with Gasteiger partial charge in [-0.15, -0.1) is 0 Å². The van der Waals surface area contributed by atoms with E-state index >= 15 is 0 Å². The Bertz CT molecular complexity index is 504. The van der Waals surface area contributed by atoms with Crippen molar-refractivity contribution < 1.29 is 4.92 Å². The monoisotopic (exact) mass is 264 g/mol. The molecule has 8 nitrogen and oxygen atoms in total. The molecule has 1 aliphatic heterocycles. The fourth-order valence-electron chi connectivity index (χ4n) is 2.50. The van der Waals surface area contributed by atoms with Crippen LogP contribution in [0.3, 0.4) is 0 Å². The van der Waals surface area contributed by atoms with E-state index in [4.69, 9.17) is 5.73 Å². The quantitative estimate of drug-likeness (QED) is 0.605. The van der Waals surface area contributed by atoms with Crippen molar-refractivity contribution in [2.45, 2.75) is 31.3 Å². The summed E-state index contributed by atoms with van der Waals surface area (Å²) in [7, 11) is 0. The minimum absolute atomic E-state index is 0.0464. The molecule has 2 heterocycles. The third-order valence-electron chi connectivity index (χ3n) is 3.61. The number of likely N-dealkylation sites (tertiary alicyclic amines) is 1. The van der Waals surface area contributed by atoms with E-state index in [2.05, 4.69) is 20.2 Å². The van der Waals surface area contributed by atoms with Gasteiger partial charge in [0.15, 0.2) is 0 Å². The lowest BCUT2D eigenvalue weighted by Gasteiger charge is -2.16. The van der Waals surface area contributed by atoms with Gasteiger partial charge in [-0.05, 0) is 19.3 Å². The third-order valence-corrected chi connectivity index (χ3v) is 3.61. The highest BCUT2D eigenvalue weighted by atomic mass is 16.6. The Balaban J connectivity index is 1.72. The number of nitrogens with two attached hydrogens (primary N) is 1. The van der Waals surface area contributed by atoms with Crippen molar-refractivity contribution in [2.24, 2.45) is 0 Å². The van der Waals surface area contributed by atoms with Crippen LogP contribution >= 0.6 is 0 Å². The molecule has 0 radical (unpaired) electrons. The second kappa shape index (κ2) is 4.61. The molecule has 1 aromatic heterocycles. The summed E-state index contributed by atoms with van der Waals surface area (Å²) in [6.07, 6.45) is 4.66. The van der Waals surface area contributed by atoms with Gasteiger partial charge < -0.3 is 11.1 Å². The van der Waals surface area contributed by atoms with Crippen LogP contribution < -0.4 is 11.1 Å². The maximum atomic E-state index is 10.9. The summed E-state index contributed by atoms with van der Waals surface area (Å²) in [6.45, 7) is 1.95. The first-order valence-corrected chi connectivity index (χ1v) is 6.41. The Labute approximate surface area is 110 Å². The lowest BCUT2D eigenvalue weighted by atomic mass is 10.2. The molecule has 1 saturated carbocycles. The van der Waals surface area contributed by atoms with Crippen molar-refractivity contribution in [3.05, 3.63) is 16.3 Å². The minimum Gasteiger partial charge on any atom is -0.368 e. The lowest BCUT2D eigenvalue weighted by Crippen LogP contribution is -2.28. The number of nitrogens with zero attached hydrogens (tertiary/aromatic N) is 4. The molecule has 19 heavy (non-hydrogen) atoms. The van der Waals surface area contributed by atoms with Gasteiger partial charge in [0, 0.05) is 25.2 Å². The molecule has 2 aliphatic rings. The van der Waals surface area contributed by atoms with E-state index in [-0.39, 0.29) is 23.5 Å². The highest BCUT2D eigenvalue weighted by Gasteiger charge is 2.35. The van der Waals surface area contributed by atoms with Gasteiger partial charge in [-0.25, -0.2) is 4.98 Å². The Morgan fingerprint density at radius 1 is 1.47 bits per heavy atom. The van der Waals surface area contributed by atoms with Crippen LogP contribution in [0.2, 0.25) is 0 Å². The van der Waals surface area contributed by atoms with E-state index in [9.17, 15) is 10.1 Å². The van der Waals surface area contributed by atoms with E-state index < -0.39 is 4.92 Å². The molecular weight excluding hydrogens is 248 g/mol. The average Bonchev–Trinajstić information content (AvgIpc) is 3.10. The number of aromatic nitrogens is 2. The first-order chi connectivity index (χ1) is 9.13. The van der Waals surface area contributed by atoms with Crippen LogP contribution in [0.5, 0.6) is 0 Å². The molecule has 1 aromatic rings. The number of rotatable bonds is 4. The van der Waals surface area contributed by atoms with Gasteiger partial charge in [0.05, 0.1) is 4.92 Å². The molecule has 102 valence electrons. The molecule has 1 saturated heterocycles. The van der Waals surface area contributed by atoms with Gasteiger partial charge in [-0.3, -0.25) is 15.0 Å². The van der Waals surface area contributed by atoms with Crippen LogP contribution in [0, 0.1) is 10.1 Å². The third kappa shape index (κ3) is 2.58. The van der Waals surface area contributed by atoms with Crippen molar-refractivity contribution in [1.82, 2.24) is 14.9 Å². The van der Waals surface area contributed by atoms with Crippen LogP contribution in [0.25, 0.3) is 0 Å². The first-order valence-electron chi connectivity index (χ1n) is 6.41. The summed E-state index contributed by atoms with van der Waals surface area (Å²) in [5.74, 6) is 0.269. The van der Waals surface area contributed by atoms with Crippen LogP contribution in [0.15, 0.2) is 6.20 Å². The van der Waals surface area contributed by atoms with Crippen molar-refractivity contribution >= 4 is 17.5 Å². The van der Waals surface area contributed by atoms with Gasteiger partial charge in [0.2, 0.25) is 11.8 Å². The maximum absolute atomic E-state index is 10.9. The van der Waals surface area contributed by atoms with Gasteiger partial charge in [-0.1, -0.05) is 0 Å². The standard InChI is InChI=1S/C11H16N6O2/c12-11-13-5-9(17(18)19)10(15-11)14-7-3-4-16(6-7)8-1-2-8/h5,7-8H,1-4,6H2,(H3,12,13,14,15). The van der Waals surface area contributed by atoms with Crippen LogP contribution in [-0.2, 0) is 0 Å². The van der Waals surface area contributed by atoms with Gasteiger partial charge in [-0.2, -0.15) is 4.98 Å². The predicted octanol–water partition coefficient (Wildman–Crippen LogP) is 0.616. The van der Waals surface area contributed by atoms with Crippen molar-refractivity contribution in [1.29, 1.82) is 0 Å². The van der Waals surface area contributed by atoms with Crippen LogP contribution in [0.1, 0.15) is 19.3 Å². The zero-order valence-corrected chi connectivity index (χ0v) is 10.5. The van der Waals surface area contributed by atoms with E-state index in [1.807, 2.05) is 0 Å². The fraction of sp³-hybridized carbons (Fsp3) is 0.636. The fourth-order valence-corrected chi connectivity index (χ4v) is 2.50. The molecule has 0 bridgehead atoms. The zero-order chi connectivity index (χ0) is 13.4. The normalized spacial score (nSPS) is 23.5. The molecule has 0 amide bonds. The number of hydrogen-bond acceptors (Lipinski definition) is 7. The lowest BCUT2D eigenvalue weighted by molar-refractivity contribution is -0.384. The van der Waals surface area contributed by atoms with E-state index in [0.717, 1.165) is 31.7 Å². The van der Waals surface area contributed by atoms with E-state index in [0.29, 0.717) is 0 Å². The van der Waals surface area contributed by atoms with E-state index in [1.165, 1.54) is 12.8 Å². The highest BCUT2D eigenvalue weighted by Crippen LogP contribution is 2.31. The van der Waals surface area contributed by atoms with Crippen molar-refractivity contribution in [2.75, 3.05) is 24.1 Å². The summed E-state index contributed by atoms with van der Waals surface area (Å²) >= 11 is 0. The molecule has 3 rings (SSSR count). The summed E-state index contributed by atoms with van der Waals surface area (Å²) < 4.78 is 0. The smallest absolute Gasteiger partial charge is 0.329 e. The molecule has 0 aromatic carbocycles. The molecule has 1 atom stereocenters. The van der Waals surface area contributed by atoms with Crippen LogP contribution in [-0.4, -0.2) is 45.0 Å². The summed E-state index contributed by atoms with van der Waals surface area (Å²) in [4.78, 5) is 20.5.